The van der Waals surface area contributed by atoms with Gasteiger partial charge in [0.25, 0.3) is 0 Å². The molecule has 3 N–H and O–H groups in total. The number of sulfonamides is 1. The zero-order valence-electron chi connectivity index (χ0n) is 11.8. The Labute approximate surface area is 129 Å². The monoisotopic (exact) mass is 335 g/mol. The van der Waals surface area contributed by atoms with E-state index in [1.54, 1.807) is 0 Å². The molecule has 1 atom stereocenters. The van der Waals surface area contributed by atoms with Crippen molar-refractivity contribution in [2.45, 2.75) is 30.3 Å². The number of rotatable bonds is 5. The molecule has 0 saturated carbocycles. The van der Waals surface area contributed by atoms with E-state index in [0.29, 0.717) is 6.54 Å². The van der Waals surface area contributed by atoms with E-state index in [-0.39, 0.29) is 28.1 Å². The second-order valence-electron chi connectivity index (χ2n) is 5.21. The molecular formula is C13H19ClFN3O2S. The summed E-state index contributed by atoms with van der Waals surface area (Å²) in [5.74, 6) is -0.780. The number of halogens is 2. The molecule has 1 aliphatic rings. The number of likely N-dealkylation sites (tertiary alicyclic amines) is 1. The topological polar surface area (TPSA) is 75.4 Å². The first-order valence-corrected chi connectivity index (χ1v) is 8.59. The molecule has 21 heavy (non-hydrogen) atoms. The predicted molar refractivity (Wildman–Crippen MR) is 80.1 cm³/mol. The molecule has 1 unspecified atom stereocenters. The van der Waals surface area contributed by atoms with Crippen molar-refractivity contribution in [1.29, 1.82) is 0 Å². The van der Waals surface area contributed by atoms with Crippen molar-refractivity contribution in [2.24, 2.45) is 5.73 Å². The van der Waals surface area contributed by atoms with Crippen LogP contribution in [-0.2, 0) is 16.6 Å². The summed E-state index contributed by atoms with van der Waals surface area (Å²) in [4.78, 5) is 1.96. The molecule has 8 heteroatoms. The lowest BCUT2D eigenvalue weighted by Gasteiger charge is -2.19. The Morgan fingerprint density at radius 2 is 2.24 bits per heavy atom. The summed E-state index contributed by atoms with van der Waals surface area (Å²) in [6.45, 7) is 1.24. The first-order chi connectivity index (χ1) is 9.85. The maximum Gasteiger partial charge on any atom is 0.240 e. The lowest BCUT2D eigenvalue weighted by atomic mass is 10.2. The molecule has 0 amide bonds. The molecule has 1 aliphatic heterocycles. The number of nitrogens with one attached hydrogen (secondary N) is 1. The van der Waals surface area contributed by atoms with Crippen molar-refractivity contribution in [3.8, 4) is 0 Å². The van der Waals surface area contributed by atoms with Crippen molar-refractivity contribution in [3.05, 3.63) is 28.5 Å². The van der Waals surface area contributed by atoms with Crippen LogP contribution in [0.4, 0.5) is 4.39 Å². The van der Waals surface area contributed by atoms with Gasteiger partial charge in [0.2, 0.25) is 10.0 Å². The molecule has 0 bridgehead atoms. The van der Waals surface area contributed by atoms with Crippen LogP contribution in [0.25, 0.3) is 0 Å². The third-order valence-corrected chi connectivity index (χ3v) is 5.61. The van der Waals surface area contributed by atoms with Crippen LogP contribution in [0.5, 0.6) is 0 Å². The molecule has 5 nitrogen and oxygen atoms in total. The predicted octanol–water partition coefficient (Wildman–Crippen LogP) is 1.31. The van der Waals surface area contributed by atoms with Gasteiger partial charge in [-0.15, -0.1) is 0 Å². The van der Waals surface area contributed by atoms with Gasteiger partial charge in [0.05, 0.1) is 9.92 Å². The zero-order valence-corrected chi connectivity index (χ0v) is 13.3. The Kier molecular flexibility index (Phi) is 5.21. The number of nitrogens with two attached hydrogens (primary N) is 1. The Morgan fingerprint density at radius 1 is 1.52 bits per heavy atom. The summed E-state index contributed by atoms with van der Waals surface area (Å²) in [6.07, 6.45) is 2.00. The van der Waals surface area contributed by atoms with Crippen molar-refractivity contribution in [1.82, 2.24) is 9.62 Å². The Hall–Kier alpha value is -0.730. The summed E-state index contributed by atoms with van der Waals surface area (Å²) >= 11 is 5.74. The maximum absolute atomic E-state index is 13.7. The largest absolute Gasteiger partial charge is 0.326 e. The van der Waals surface area contributed by atoms with E-state index < -0.39 is 15.8 Å². The fourth-order valence-electron chi connectivity index (χ4n) is 2.45. The number of likely N-dealkylation sites (N-methyl/N-ethyl adjacent to an activating group) is 1. The molecule has 0 radical (unpaired) electrons. The minimum Gasteiger partial charge on any atom is -0.326 e. The van der Waals surface area contributed by atoms with Crippen LogP contribution in [0.3, 0.4) is 0 Å². The summed E-state index contributed by atoms with van der Waals surface area (Å²) in [7, 11) is -1.82. The minimum atomic E-state index is -3.77. The fourth-order valence-corrected chi connectivity index (χ4v) is 3.77. The van der Waals surface area contributed by atoms with E-state index in [2.05, 4.69) is 9.62 Å². The molecule has 118 valence electrons. The number of nitrogens with zero attached hydrogens (tertiary/aromatic N) is 1. The van der Waals surface area contributed by atoms with Crippen LogP contribution >= 0.6 is 11.6 Å². The molecular weight excluding hydrogens is 317 g/mol. The molecule has 0 aromatic heterocycles. The smallest absolute Gasteiger partial charge is 0.240 e. The summed E-state index contributed by atoms with van der Waals surface area (Å²) in [5, 5.41) is -0.132. The van der Waals surface area contributed by atoms with Gasteiger partial charge in [0.1, 0.15) is 5.82 Å². The van der Waals surface area contributed by atoms with E-state index in [1.165, 1.54) is 6.07 Å². The van der Waals surface area contributed by atoms with E-state index in [0.717, 1.165) is 25.5 Å². The highest BCUT2D eigenvalue weighted by molar-refractivity contribution is 7.89. The van der Waals surface area contributed by atoms with Crippen molar-refractivity contribution >= 4 is 21.6 Å². The van der Waals surface area contributed by atoms with Gasteiger partial charge in [0, 0.05) is 19.1 Å². The van der Waals surface area contributed by atoms with Crippen LogP contribution in [0, 0.1) is 5.82 Å². The number of hydrogen-bond donors (Lipinski definition) is 2. The van der Waals surface area contributed by atoms with Crippen molar-refractivity contribution in [2.75, 3.05) is 20.1 Å². The Bertz CT molecular complexity index is 624. The van der Waals surface area contributed by atoms with Gasteiger partial charge in [-0.1, -0.05) is 11.6 Å². The third kappa shape index (κ3) is 3.73. The molecule has 1 fully saturated rings. The minimum absolute atomic E-state index is 0.0233. The summed E-state index contributed by atoms with van der Waals surface area (Å²) < 4.78 is 40.7. The standard InChI is InChI=1S/C13H19ClFN3O2S/c1-18-4-2-3-10(18)8-17-21(19,20)11-5-9(7-16)13(14)12(15)6-11/h5-6,10,17H,2-4,7-8,16H2,1H3. The molecule has 1 saturated heterocycles. The van der Waals surface area contributed by atoms with Gasteiger partial charge < -0.3 is 10.6 Å². The molecule has 2 rings (SSSR count). The highest BCUT2D eigenvalue weighted by atomic mass is 35.5. The van der Waals surface area contributed by atoms with E-state index in [9.17, 15) is 12.8 Å². The van der Waals surface area contributed by atoms with Crippen LogP contribution in [-0.4, -0.2) is 39.5 Å². The van der Waals surface area contributed by atoms with Crippen LogP contribution in [0.1, 0.15) is 18.4 Å². The van der Waals surface area contributed by atoms with Gasteiger partial charge in [-0.2, -0.15) is 0 Å². The number of hydrogen-bond acceptors (Lipinski definition) is 4. The highest BCUT2D eigenvalue weighted by Crippen LogP contribution is 2.24. The van der Waals surface area contributed by atoms with Gasteiger partial charge in [0.15, 0.2) is 0 Å². The maximum atomic E-state index is 13.7. The van der Waals surface area contributed by atoms with Crippen molar-refractivity contribution in [3.63, 3.8) is 0 Å². The van der Waals surface area contributed by atoms with Crippen molar-refractivity contribution < 1.29 is 12.8 Å². The Balaban J connectivity index is 2.17. The number of benzene rings is 1. The van der Waals surface area contributed by atoms with E-state index >= 15 is 0 Å². The van der Waals surface area contributed by atoms with Gasteiger partial charge in [-0.05, 0) is 44.1 Å². The molecule has 0 aliphatic carbocycles. The SMILES string of the molecule is CN1CCCC1CNS(=O)(=O)c1cc(F)c(Cl)c(CN)c1. The zero-order chi connectivity index (χ0) is 15.6. The lowest BCUT2D eigenvalue weighted by Crippen LogP contribution is -2.38. The van der Waals surface area contributed by atoms with Gasteiger partial charge in [-0.3, -0.25) is 0 Å². The first-order valence-electron chi connectivity index (χ1n) is 6.73. The highest BCUT2D eigenvalue weighted by Gasteiger charge is 2.24. The Morgan fingerprint density at radius 3 is 2.81 bits per heavy atom. The summed E-state index contributed by atoms with van der Waals surface area (Å²) in [6, 6.07) is 2.40. The molecule has 0 spiro atoms. The molecule has 1 aromatic rings. The molecule has 1 aromatic carbocycles. The summed E-state index contributed by atoms with van der Waals surface area (Å²) in [5.41, 5.74) is 5.72. The lowest BCUT2D eigenvalue weighted by molar-refractivity contribution is 0.311. The second kappa shape index (κ2) is 6.58. The fraction of sp³-hybridized carbons (Fsp3) is 0.538. The third-order valence-electron chi connectivity index (χ3n) is 3.79. The van der Waals surface area contributed by atoms with Crippen LogP contribution < -0.4 is 10.5 Å². The van der Waals surface area contributed by atoms with E-state index in [1.807, 2.05) is 7.05 Å². The quantitative estimate of drug-likeness (QED) is 0.850. The van der Waals surface area contributed by atoms with Gasteiger partial charge >= 0.3 is 0 Å². The second-order valence-corrected chi connectivity index (χ2v) is 7.36. The van der Waals surface area contributed by atoms with Gasteiger partial charge in [-0.25, -0.2) is 17.5 Å². The average molecular weight is 336 g/mol. The van der Waals surface area contributed by atoms with Crippen LogP contribution in [0.15, 0.2) is 17.0 Å². The van der Waals surface area contributed by atoms with E-state index in [4.69, 9.17) is 17.3 Å². The normalized spacial score (nSPS) is 20.1. The first kappa shape index (κ1) is 16.6. The average Bonchev–Trinajstić information content (AvgIpc) is 2.85. The van der Waals surface area contributed by atoms with Crippen LogP contribution in [0.2, 0.25) is 5.02 Å². The molecule has 1 heterocycles.